The van der Waals surface area contributed by atoms with Crippen LogP contribution in [-0.2, 0) is 4.79 Å². The molecule has 0 aliphatic heterocycles. The lowest BCUT2D eigenvalue weighted by Gasteiger charge is -1.74. The van der Waals surface area contributed by atoms with Crippen molar-refractivity contribution >= 4 is 5.94 Å². The van der Waals surface area contributed by atoms with Gasteiger partial charge in [-0.15, -0.1) is 0 Å². The lowest BCUT2D eigenvalue weighted by molar-refractivity contribution is 0.568. The maximum absolute atomic E-state index is 9.55. The second kappa shape index (κ2) is 6.19. The Kier molecular flexibility index (Phi) is 5.56. The van der Waals surface area contributed by atoms with Gasteiger partial charge in [0.25, 0.3) is 0 Å². The molecule has 1 nitrogen and oxygen atoms in total. The summed E-state index contributed by atoms with van der Waals surface area (Å²) in [5.41, 5.74) is 0. The minimum Gasteiger partial charge on any atom is -0.234 e. The second-order valence-corrected chi connectivity index (χ2v) is 1.44. The van der Waals surface area contributed by atoms with Crippen molar-refractivity contribution < 1.29 is 4.79 Å². The SMILES string of the molecule is CC/C=C/CC=C=O. The standard InChI is InChI=1S/C7H10O/c1-2-3-4-5-6-7-8/h3-4,6H,2,5H2,1H3/b4-3+. The highest BCUT2D eigenvalue weighted by Crippen LogP contribution is 1.84. The monoisotopic (exact) mass is 110 g/mol. The molecule has 0 saturated heterocycles. The van der Waals surface area contributed by atoms with Crippen molar-refractivity contribution in [1.82, 2.24) is 0 Å². The zero-order valence-corrected chi connectivity index (χ0v) is 5.05. The molecule has 0 aliphatic carbocycles. The van der Waals surface area contributed by atoms with Crippen molar-refractivity contribution in [1.29, 1.82) is 0 Å². The van der Waals surface area contributed by atoms with Gasteiger partial charge in [-0.05, 0) is 12.8 Å². The van der Waals surface area contributed by atoms with Gasteiger partial charge in [0.2, 0.25) is 0 Å². The highest BCUT2D eigenvalue weighted by atomic mass is 16.1. The maximum atomic E-state index is 9.55. The van der Waals surface area contributed by atoms with Gasteiger partial charge in [0.15, 0.2) is 0 Å². The second-order valence-electron chi connectivity index (χ2n) is 1.44. The van der Waals surface area contributed by atoms with Crippen LogP contribution in [-0.4, -0.2) is 5.94 Å². The topological polar surface area (TPSA) is 17.1 Å². The van der Waals surface area contributed by atoms with E-state index >= 15 is 0 Å². The van der Waals surface area contributed by atoms with Gasteiger partial charge in [0.05, 0.1) is 0 Å². The third kappa shape index (κ3) is 5.19. The quantitative estimate of drug-likeness (QED) is 0.399. The molecule has 0 rings (SSSR count). The molecular weight excluding hydrogens is 100 g/mol. The first-order chi connectivity index (χ1) is 3.91. The maximum Gasteiger partial charge on any atom is 0.120 e. The molecule has 44 valence electrons. The van der Waals surface area contributed by atoms with E-state index in [9.17, 15) is 4.79 Å². The van der Waals surface area contributed by atoms with Crippen molar-refractivity contribution in [3.8, 4) is 0 Å². The summed E-state index contributed by atoms with van der Waals surface area (Å²) in [6.07, 6.45) is 7.19. The van der Waals surface area contributed by atoms with Gasteiger partial charge in [0.1, 0.15) is 5.94 Å². The number of hydrogen-bond donors (Lipinski definition) is 0. The molecule has 0 radical (unpaired) electrons. The van der Waals surface area contributed by atoms with Crippen molar-refractivity contribution in [2.75, 3.05) is 0 Å². The lowest BCUT2D eigenvalue weighted by atomic mass is 10.3. The Balaban J connectivity index is 3.15. The molecule has 0 aliphatic rings. The van der Waals surface area contributed by atoms with Gasteiger partial charge in [-0.3, -0.25) is 0 Å². The summed E-state index contributed by atoms with van der Waals surface area (Å²) >= 11 is 0. The molecule has 0 aromatic heterocycles. The summed E-state index contributed by atoms with van der Waals surface area (Å²) in [5.74, 6) is 1.70. The molecule has 0 aromatic carbocycles. The van der Waals surface area contributed by atoms with Crippen molar-refractivity contribution in [3.05, 3.63) is 18.2 Å². The number of allylic oxidation sites excluding steroid dienone is 3. The smallest absolute Gasteiger partial charge is 0.120 e. The molecule has 0 unspecified atom stereocenters. The summed E-state index contributed by atoms with van der Waals surface area (Å²) in [6, 6.07) is 0. The third-order valence-electron chi connectivity index (χ3n) is 0.740. The van der Waals surface area contributed by atoms with E-state index in [1.54, 1.807) is 5.94 Å². The van der Waals surface area contributed by atoms with E-state index in [0.717, 1.165) is 12.8 Å². The molecule has 0 amide bonds. The highest BCUT2D eigenvalue weighted by molar-refractivity contribution is 5.45. The van der Waals surface area contributed by atoms with E-state index in [1.807, 2.05) is 12.2 Å². The van der Waals surface area contributed by atoms with Crippen LogP contribution in [0.1, 0.15) is 19.8 Å². The van der Waals surface area contributed by atoms with E-state index in [1.165, 1.54) is 6.08 Å². The zero-order chi connectivity index (χ0) is 6.24. The van der Waals surface area contributed by atoms with E-state index < -0.39 is 0 Å². The molecule has 0 spiro atoms. The summed E-state index contributed by atoms with van der Waals surface area (Å²) in [7, 11) is 0. The van der Waals surface area contributed by atoms with Gasteiger partial charge in [-0.1, -0.05) is 19.1 Å². The summed E-state index contributed by atoms with van der Waals surface area (Å²) in [6.45, 7) is 2.06. The van der Waals surface area contributed by atoms with Crippen LogP contribution in [0.25, 0.3) is 0 Å². The van der Waals surface area contributed by atoms with Crippen molar-refractivity contribution in [3.63, 3.8) is 0 Å². The molecule has 0 saturated carbocycles. The molecule has 0 bridgehead atoms. The summed E-state index contributed by atoms with van der Waals surface area (Å²) in [4.78, 5) is 9.55. The van der Waals surface area contributed by atoms with Gasteiger partial charge in [-0.2, -0.15) is 0 Å². The van der Waals surface area contributed by atoms with Crippen LogP contribution >= 0.6 is 0 Å². The van der Waals surface area contributed by atoms with E-state index in [4.69, 9.17) is 0 Å². The molecule has 0 atom stereocenters. The number of carbonyl (C=O) groups excluding carboxylic acids is 1. The van der Waals surface area contributed by atoms with Crippen molar-refractivity contribution in [2.45, 2.75) is 19.8 Å². The fraction of sp³-hybridized carbons (Fsp3) is 0.429. The highest BCUT2D eigenvalue weighted by Gasteiger charge is 1.66. The Bertz CT molecular complexity index is 108. The zero-order valence-electron chi connectivity index (χ0n) is 5.05. The van der Waals surface area contributed by atoms with Crippen LogP contribution in [0.2, 0.25) is 0 Å². The van der Waals surface area contributed by atoms with Gasteiger partial charge >= 0.3 is 0 Å². The average Bonchev–Trinajstić information content (AvgIpc) is 1.81. The van der Waals surface area contributed by atoms with Gasteiger partial charge in [0, 0.05) is 6.08 Å². The Labute approximate surface area is 49.7 Å². The van der Waals surface area contributed by atoms with Crippen LogP contribution in [0.5, 0.6) is 0 Å². The van der Waals surface area contributed by atoms with Crippen molar-refractivity contribution in [2.24, 2.45) is 0 Å². The molecule has 1 heteroatoms. The molecule has 8 heavy (non-hydrogen) atoms. The normalized spacial score (nSPS) is 9.12. The molecule has 0 N–H and O–H groups in total. The summed E-state index contributed by atoms with van der Waals surface area (Å²) < 4.78 is 0. The Morgan fingerprint density at radius 2 is 2.25 bits per heavy atom. The Morgan fingerprint density at radius 3 is 2.75 bits per heavy atom. The largest absolute Gasteiger partial charge is 0.234 e. The minimum absolute atomic E-state index is 0.720. The van der Waals surface area contributed by atoms with Gasteiger partial charge in [-0.25, -0.2) is 4.79 Å². The van der Waals surface area contributed by atoms with E-state index in [0.29, 0.717) is 0 Å². The molecule has 0 heterocycles. The van der Waals surface area contributed by atoms with Crippen LogP contribution in [0.4, 0.5) is 0 Å². The average molecular weight is 110 g/mol. The first-order valence-corrected chi connectivity index (χ1v) is 2.76. The van der Waals surface area contributed by atoms with E-state index in [-0.39, 0.29) is 0 Å². The van der Waals surface area contributed by atoms with Crippen LogP contribution in [0.3, 0.4) is 0 Å². The predicted molar refractivity (Wildman–Crippen MR) is 34.3 cm³/mol. The number of rotatable bonds is 3. The number of hydrogen-bond acceptors (Lipinski definition) is 1. The summed E-state index contributed by atoms with van der Waals surface area (Å²) in [5, 5.41) is 0. The third-order valence-corrected chi connectivity index (χ3v) is 0.740. The Morgan fingerprint density at radius 1 is 1.50 bits per heavy atom. The van der Waals surface area contributed by atoms with Crippen LogP contribution in [0.15, 0.2) is 18.2 Å². The first kappa shape index (κ1) is 7.19. The van der Waals surface area contributed by atoms with Crippen LogP contribution in [0, 0.1) is 0 Å². The van der Waals surface area contributed by atoms with Crippen LogP contribution < -0.4 is 0 Å². The Hall–Kier alpha value is -0.810. The fourth-order valence-corrected chi connectivity index (χ4v) is 0.379. The molecule has 0 aromatic rings. The predicted octanol–water partition coefficient (Wildman–Crippen LogP) is 1.73. The molecule has 0 fully saturated rings. The fourth-order valence-electron chi connectivity index (χ4n) is 0.379. The van der Waals surface area contributed by atoms with E-state index in [2.05, 4.69) is 6.92 Å². The first-order valence-electron chi connectivity index (χ1n) is 2.76. The minimum atomic E-state index is 0.720. The lowest BCUT2D eigenvalue weighted by Crippen LogP contribution is -1.57. The molecular formula is C7H10O. The van der Waals surface area contributed by atoms with Gasteiger partial charge < -0.3 is 0 Å².